The Hall–Kier alpha value is -1.06. The molecule has 0 radical (unpaired) electrons. The van der Waals surface area contributed by atoms with Crippen molar-refractivity contribution in [1.29, 1.82) is 0 Å². The van der Waals surface area contributed by atoms with Crippen LogP contribution < -0.4 is 5.73 Å². The first kappa shape index (κ1) is 14.0. The van der Waals surface area contributed by atoms with Crippen molar-refractivity contribution in [2.45, 2.75) is 32.8 Å². The van der Waals surface area contributed by atoms with Gasteiger partial charge in [-0.2, -0.15) is 0 Å². The zero-order chi connectivity index (χ0) is 12.7. The molecule has 96 valence electrons. The summed E-state index contributed by atoms with van der Waals surface area (Å²) in [7, 11) is 0. The highest BCUT2D eigenvalue weighted by Crippen LogP contribution is 2.20. The predicted octanol–water partition coefficient (Wildman–Crippen LogP) is 2.75. The van der Waals surface area contributed by atoms with Crippen LogP contribution >= 0.6 is 0 Å². The van der Waals surface area contributed by atoms with Gasteiger partial charge in [-0.1, -0.05) is 32.0 Å². The van der Waals surface area contributed by atoms with Crippen molar-refractivity contribution in [3.63, 3.8) is 0 Å². The number of hydrogen-bond donors (Lipinski definition) is 2. The van der Waals surface area contributed by atoms with Crippen LogP contribution in [0.25, 0.3) is 0 Å². The molecule has 17 heavy (non-hydrogen) atoms. The van der Waals surface area contributed by atoms with Crippen LogP contribution in [0.15, 0.2) is 24.3 Å². The lowest BCUT2D eigenvalue weighted by atomic mass is 10.1. The molecule has 1 rings (SSSR count). The van der Waals surface area contributed by atoms with Crippen molar-refractivity contribution in [1.82, 2.24) is 0 Å². The minimum Gasteiger partial charge on any atom is -0.398 e. The van der Waals surface area contributed by atoms with E-state index in [2.05, 4.69) is 13.8 Å². The van der Waals surface area contributed by atoms with E-state index in [0.29, 0.717) is 24.8 Å². The molecule has 1 aromatic rings. The van der Waals surface area contributed by atoms with E-state index in [9.17, 15) is 5.11 Å². The van der Waals surface area contributed by atoms with Gasteiger partial charge in [-0.15, -0.1) is 0 Å². The normalized spacial score (nSPS) is 12.9. The summed E-state index contributed by atoms with van der Waals surface area (Å²) in [5.41, 5.74) is 7.14. The fourth-order valence-corrected chi connectivity index (χ4v) is 1.69. The van der Waals surface area contributed by atoms with E-state index in [1.165, 1.54) is 0 Å². The fraction of sp³-hybridized carbons (Fsp3) is 0.571. The zero-order valence-corrected chi connectivity index (χ0v) is 10.7. The number of hydrogen-bond acceptors (Lipinski definition) is 3. The second-order valence-electron chi connectivity index (χ2n) is 4.76. The molecule has 0 aliphatic heterocycles. The Kier molecular flexibility index (Phi) is 6.01. The van der Waals surface area contributed by atoms with Crippen LogP contribution in [-0.4, -0.2) is 18.3 Å². The number of ether oxygens (including phenoxy) is 1. The van der Waals surface area contributed by atoms with E-state index < -0.39 is 6.10 Å². The number of anilines is 1. The summed E-state index contributed by atoms with van der Waals surface area (Å²) in [4.78, 5) is 0. The minimum absolute atomic E-state index is 0.312. The number of aliphatic hydroxyl groups excluding tert-OH is 1. The molecular weight excluding hydrogens is 214 g/mol. The number of para-hydroxylation sites is 1. The van der Waals surface area contributed by atoms with E-state index >= 15 is 0 Å². The molecule has 0 spiro atoms. The average Bonchev–Trinajstić information content (AvgIpc) is 2.28. The summed E-state index contributed by atoms with van der Waals surface area (Å²) >= 11 is 0. The summed E-state index contributed by atoms with van der Waals surface area (Å²) in [5.74, 6) is 0.702. The molecule has 1 atom stereocenters. The van der Waals surface area contributed by atoms with Gasteiger partial charge in [0.25, 0.3) is 0 Å². The molecule has 3 N–H and O–H groups in total. The summed E-state index contributed by atoms with van der Waals surface area (Å²) in [5, 5.41) is 9.90. The SMILES string of the molecule is CC(C)CCCOCC(O)c1ccccc1N. The predicted molar refractivity (Wildman–Crippen MR) is 70.7 cm³/mol. The van der Waals surface area contributed by atoms with Gasteiger partial charge in [0.1, 0.15) is 6.10 Å². The van der Waals surface area contributed by atoms with Gasteiger partial charge in [0.2, 0.25) is 0 Å². The van der Waals surface area contributed by atoms with Crippen LogP contribution in [0.5, 0.6) is 0 Å². The van der Waals surface area contributed by atoms with Crippen molar-refractivity contribution < 1.29 is 9.84 Å². The summed E-state index contributed by atoms with van der Waals surface area (Å²) in [6.07, 6.45) is 1.56. The minimum atomic E-state index is -0.629. The molecule has 0 aliphatic rings. The third-order valence-corrected chi connectivity index (χ3v) is 2.70. The van der Waals surface area contributed by atoms with Gasteiger partial charge in [0, 0.05) is 17.9 Å². The third kappa shape index (κ3) is 5.20. The molecule has 1 aromatic carbocycles. The molecule has 1 unspecified atom stereocenters. The fourth-order valence-electron chi connectivity index (χ4n) is 1.69. The molecule has 3 nitrogen and oxygen atoms in total. The first-order valence-electron chi connectivity index (χ1n) is 6.21. The Bertz CT molecular complexity index is 326. The summed E-state index contributed by atoms with van der Waals surface area (Å²) in [6.45, 7) is 5.40. The third-order valence-electron chi connectivity index (χ3n) is 2.70. The van der Waals surface area contributed by atoms with Crippen molar-refractivity contribution in [3.8, 4) is 0 Å². The van der Waals surface area contributed by atoms with Crippen LogP contribution in [-0.2, 0) is 4.74 Å². The van der Waals surface area contributed by atoms with Gasteiger partial charge in [-0.3, -0.25) is 0 Å². The highest BCUT2D eigenvalue weighted by Gasteiger charge is 2.10. The highest BCUT2D eigenvalue weighted by atomic mass is 16.5. The molecule has 0 amide bonds. The van der Waals surface area contributed by atoms with E-state index in [-0.39, 0.29) is 0 Å². The molecule has 0 aromatic heterocycles. The van der Waals surface area contributed by atoms with Crippen LogP contribution in [0.2, 0.25) is 0 Å². The van der Waals surface area contributed by atoms with Crippen LogP contribution in [0.4, 0.5) is 5.69 Å². The maximum absolute atomic E-state index is 9.90. The average molecular weight is 237 g/mol. The highest BCUT2D eigenvalue weighted by molar-refractivity contribution is 5.47. The van der Waals surface area contributed by atoms with Gasteiger partial charge < -0.3 is 15.6 Å². The Morgan fingerprint density at radius 2 is 2.00 bits per heavy atom. The Morgan fingerprint density at radius 1 is 1.29 bits per heavy atom. The molecule has 0 heterocycles. The Balaban J connectivity index is 2.26. The monoisotopic (exact) mass is 237 g/mol. The largest absolute Gasteiger partial charge is 0.398 e. The Morgan fingerprint density at radius 3 is 2.65 bits per heavy atom. The van der Waals surface area contributed by atoms with Crippen LogP contribution in [0.1, 0.15) is 38.4 Å². The quantitative estimate of drug-likeness (QED) is 0.566. The smallest absolute Gasteiger partial charge is 0.104 e. The topological polar surface area (TPSA) is 55.5 Å². The van der Waals surface area contributed by atoms with E-state index in [1.807, 2.05) is 18.2 Å². The molecule has 0 bridgehead atoms. The zero-order valence-electron chi connectivity index (χ0n) is 10.7. The maximum Gasteiger partial charge on any atom is 0.104 e. The first-order valence-corrected chi connectivity index (χ1v) is 6.21. The lowest BCUT2D eigenvalue weighted by Gasteiger charge is -2.14. The van der Waals surface area contributed by atoms with Gasteiger partial charge in [0.05, 0.1) is 6.61 Å². The summed E-state index contributed by atoms with van der Waals surface area (Å²) in [6, 6.07) is 7.34. The molecular formula is C14H23NO2. The number of benzene rings is 1. The maximum atomic E-state index is 9.90. The second-order valence-corrected chi connectivity index (χ2v) is 4.76. The number of aliphatic hydroxyl groups is 1. The molecule has 0 saturated heterocycles. The number of nitrogen functional groups attached to an aromatic ring is 1. The lowest BCUT2D eigenvalue weighted by Crippen LogP contribution is -2.10. The second kappa shape index (κ2) is 7.30. The molecule has 3 heteroatoms. The van der Waals surface area contributed by atoms with E-state index in [4.69, 9.17) is 10.5 Å². The van der Waals surface area contributed by atoms with Crippen molar-refractivity contribution in [2.75, 3.05) is 18.9 Å². The van der Waals surface area contributed by atoms with E-state index in [0.717, 1.165) is 18.4 Å². The molecule has 0 saturated carbocycles. The molecule has 0 fully saturated rings. The van der Waals surface area contributed by atoms with Crippen molar-refractivity contribution in [3.05, 3.63) is 29.8 Å². The Labute approximate surface area is 104 Å². The van der Waals surface area contributed by atoms with Gasteiger partial charge in [-0.05, 0) is 24.8 Å². The lowest BCUT2D eigenvalue weighted by molar-refractivity contribution is 0.0341. The van der Waals surface area contributed by atoms with Gasteiger partial charge in [-0.25, -0.2) is 0 Å². The van der Waals surface area contributed by atoms with Crippen molar-refractivity contribution >= 4 is 5.69 Å². The molecule has 0 aliphatic carbocycles. The van der Waals surface area contributed by atoms with Gasteiger partial charge >= 0.3 is 0 Å². The standard InChI is InChI=1S/C14H23NO2/c1-11(2)6-5-9-17-10-14(16)12-7-3-4-8-13(12)15/h3-4,7-8,11,14,16H,5-6,9-10,15H2,1-2H3. The van der Waals surface area contributed by atoms with Crippen LogP contribution in [0.3, 0.4) is 0 Å². The van der Waals surface area contributed by atoms with Gasteiger partial charge in [0.15, 0.2) is 0 Å². The number of nitrogens with two attached hydrogens (primary N) is 1. The van der Waals surface area contributed by atoms with Crippen LogP contribution in [0, 0.1) is 5.92 Å². The summed E-state index contributed by atoms with van der Waals surface area (Å²) < 4.78 is 5.45. The van der Waals surface area contributed by atoms with E-state index in [1.54, 1.807) is 6.07 Å². The number of rotatable bonds is 7. The first-order chi connectivity index (χ1) is 8.11. The van der Waals surface area contributed by atoms with Crippen molar-refractivity contribution in [2.24, 2.45) is 5.92 Å².